The number of hydrogen-bond donors (Lipinski definition) is 10. The minimum absolute atomic E-state index is 0.0349. The van der Waals surface area contributed by atoms with Gasteiger partial charge in [0, 0.05) is 100 Å². The third-order valence-corrected chi connectivity index (χ3v) is 14.8. The molecule has 0 spiro atoms. The van der Waals surface area contributed by atoms with Crippen molar-refractivity contribution in [2.45, 2.75) is 130 Å². The number of fused-ring (bicyclic) bond motifs is 4. The summed E-state index contributed by atoms with van der Waals surface area (Å²) in [6.45, 7) is 14.2. The summed E-state index contributed by atoms with van der Waals surface area (Å²) in [5.74, 6) is -4.27. The van der Waals surface area contributed by atoms with E-state index < -0.39 is 84.7 Å². The number of amides is 4. The van der Waals surface area contributed by atoms with Crippen molar-refractivity contribution in [2.75, 3.05) is 59.2 Å². The molecule has 2 aromatic carbocycles. The van der Waals surface area contributed by atoms with Crippen LogP contribution in [0.4, 0.5) is 32.3 Å². The van der Waals surface area contributed by atoms with Crippen LogP contribution in [0.15, 0.2) is 93.0 Å². The van der Waals surface area contributed by atoms with Crippen LogP contribution in [-0.2, 0) is 50.9 Å². The van der Waals surface area contributed by atoms with Crippen LogP contribution in [0.1, 0.15) is 79.4 Å². The topological polar surface area (TPSA) is 349 Å². The average Bonchev–Trinajstić information content (AvgIpc) is 2.30. The van der Waals surface area contributed by atoms with Crippen LogP contribution in [0, 0.1) is 23.7 Å². The highest BCUT2D eigenvalue weighted by Crippen LogP contribution is 2.46. The van der Waals surface area contributed by atoms with Gasteiger partial charge in [0.05, 0.1) is 35.8 Å². The quantitative estimate of drug-likeness (QED) is 0.0426. The van der Waals surface area contributed by atoms with Crippen LogP contribution >= 0.6 is 0 Å². The Labute approximate surface area is 492 Å². The van der Waals surface area contributed by atoms with Crippen molar-refractivity contribution >= 4 is 59.2 Å². The highest BCUT2D eigenvalue weighted by Gasteiger charge is 2.33. The van der Waals surface area contributed by atoms with Gasteiger partial charge in [-0.25, -0.2) is 9.59 Å². The van der Waals surface area contributed by atoms with Crippen LogP contribution in [0.25, 0.3) is 0 Å². The van der Waals surface area contributed by atoms with Gasteiger partial charge in [-0.1, -0.05) is 76.3 Å². The molecule has 4 amide bonds. The number of allylic oxidation sites excluding steroid dienone is 4. The molecule has 0 fully saturated rings. The summed E-state index contributed by atoms with van der Waals surface area (Å²) in [7, 11) is 7.53. The summed E-state index contributed by atoms with van der Waals surface area (Å²) in [6.07, 6.45) is 7.20. The molecule has 2 heterocycles. The van der Waals surface area contributed by atoms with Crippen molar-refractivity contribution in [2.24, 2.45) is 45.1 Å². The molecule has 12 unspecified atom stereocenters. The summed E-state index contributed by atoms with van der Waals surface area (Å²) >= 11 is 0. The number of aliphatic hydroxyl groups excluding tert-OH is 2. The molecule has 462 valence electrons. The molecule has 4 bridgehead atoms. The molecule has 2 aromatic rings. The Morgan fingerprint density at radius 1 is 0.631 bits per heavy atom. The molecular weight excluding hydrogens is 1090 g/mol. The number of aromatic hydroxyl groups is 4. The second-order valence-corrected chi connectivity index (χ2v) is 21.7. The van der Waals surface area contributed by atoms with Crippen LogP contribution in [0.5, 0.6) is 23.0 Å². The number of rotatable bonds is 12. The number of nitrogens with one attached hydrogen (secondary N) is 2. The Kier molecular flexibility index (Phi) is 26.8. The molecule has 23 heteroatoms. The smallest absolute Gasteiger partial charge is 0.405 e. The minimum atomic E-state index is -1.06. The number of aliphatic hydroxyl groups is 2. The lowest BCUT2D eigenvalue weighted by molar-refractivity contribution is -0.113. The number of nitrogens with zero attached hydrogens (tertiary/aromatic N) is 3. The van der Waals surface area contributed by atoms with Crippen LogP contribution in [-0.4, -0.2) is 169 Å². The number of nitrogens with two attached hydrogens (primary N) is 2. The molecule has 23 nitrogen and oxygen atoms in total. The first-order valence-electron chi connectivity index (χ1n) is 27.6. The Bertz CT molecular complexity index is 2690. The summed E-state index contributed by atoms with van der Waals surface area (Å²) in [5, 5.41) is 75.4. The standard InChI is InChI=1S/C61H87N7O16/c1-32-24-40-50(44(69)30-42(54(40)73)66-58(75)34(3)16-14-18-46(79-10)56(83-60(62)77)38(7)28-36(5)52(71)48(26-32)81-12)64-20-22-68(9)23-21-65-51-41-25-33(2)27-49(82-13)53(72)37(6)29-39(8)57(84-61(63)78)47(80-11)19-15-17-35(4)59(76)67-43(55(41)74)31-45(51)70/h14-21,28-33,36-37,46-49,52-53,56-57,69-74H,22-27H2,1-13H3,(H2,62,77)(H2,63,78)(H,66,75)(H,67,76). The molecule has 0 radical (unpaired) electrons. The molecule has 2 aliphatic heterocycles. The number of primary amides is 2. The number of carbonyl (C=O) groups excluding carboxylic acids is 4. The maximum Gasteiger partial charge on any atom is 0.405 e. The molecule has 12 atom stereocenters. The lowest BCUT2D eigenvalue weighted by Gasteiger charge is -2.29. The number of anilines is 2. The maximum atomic E-state index is 13.5. The molecule has 4 rings (SSSR count). The molecule has 0 aliphatic carbocycles. The molecule has 0 saturated carbocycles. The number of hydrogen-bond acceptors (Lipinski definition) is 19. The second-order valence-electron chi connectivity index (χ2n) is 21.7. The van der Waals surface area contributed by atoms with Crippen molar-refractivity contribution < 1.29 is 78.2 Å². The highest BCUT2D eigenvalue weighted by atomic mass is 16.6. The van der Waals surface area contributed by atoms with E-state index in [0.717, 1.165) is 0 Å². The fourth-order valence-corrected chi connectivity index (χ4v) is 10.1. The van der Waals surface area contributed by atoms with Crippen LogP contribution < -0.4 is 22.1 Å². The van der Waals surface area contributed by atoms with Gasteiger partial charge in [0.25, 0.3) is 11.8 Å². The largest absolute Gasteiger partial charge is 0.506 e. The van der Waals surface area contributed by atoms with E-state index in [1.807, 2.05) is 13.8 Å². The van der Waals surface area contributed by atoms with Gasteiger partial charge in [-0.15, -0.1) is 0 Å². The highest BCUT2D eigenvalue weighted by molar-refractivity contribution is 6.05. The van der Waals surface area contributed by atoms with E-state index in [4.69, 9.17) is 39.9 Å². The monoisotopic (exact) mass is 1170 g/mol. The molecule has 0 saturated heterocycles. The zero-order valence-corrected chi connectivity index (χ0v) is 50.4. The third kappa shape index (κ3) is 19.3. The summed E-state index contributed by atoms with van der Waals surface area (Å²) in [5.41, 5.74) is 12.7. The van der Waals surface area contributed by atoms with E-state index in [0.29, 0.717) is 11.1 Å². The third-order valence-electron chi connectivity index (χ3n) is 14.8. The van der Waals surface area contributed by atoms with E-state index in [1.54, 1.807) is 89.9 Å². The van der Waals surface area contributed by atoms with E-state index in [2.05, 4.69) is 20.6 Å². The van der Waals surface area contributed by atoms with Crippen molar-refractivity contribution in [3.8, 4) is 23.0 Å². The number of aliphatic imine (C=N–C) groups is 2. The van der Waals surface area contributed by atoms with Crippen LogP contribution in [0.2, 0.25) is 0 Å². The lowest BCUT2D eigenvalue weighted by atomic mass is 9.87. The number of carbonyl (C=O) groups is 4. The van der Waals surface area contributed by atoms with Gasteiger partial charge < -0.3 is 81.2 Å². The summed E-state index contributed by atoms with van der Waals surface area (Å²) < 4.78 is 33.8. The zero-order chi connectivity index (χ0) is 62.7. The van der Waals surface area contributed by atoms with Crippen molar-refractivity contribution in [1.82, 2.24) is 4.90 Å². The summed E-state index contributed by atoms with van der Waals surface area (Å²) in [6, 6.07) is 2.39. The first-order valence-corrected chi connectivity index (χ1v) is 27.6. The van der Waals surface area contributed by atoms with Gasteiger partial charge in [0.2, 0.25) is 0 Å². The second kappa shape index (κ2) is 32.6. The van der Waals surface area contributed by atoms with E-state index >= 15 is 0 Å². The molecule has 84 heavy (non-hydrogen) atoms. The van der Waals surface area contributed by atoms with Gasteiger partial charge in [-0.05, 0) is 83.4 Å². The van der Waals surface area contributed by atoms with E-state index in [-0.39, 0.29) is 119 Å². The molecule has 12 N–H and O–H groups in total. The van der Waals surface area contributed by atoms with Gasteiger partial charge >= 0.3 is 12.2 Å². The maximum absolute atomic E-state index is 13.5. The first kappa shape index (κ1) is 69.1. The normalized spacial score (nSPS) is 26.7. The zero-order valence-electron chi connectivity index (χ0n) is 50.4. The Balaban J connectivity index is 1.69. The molecule has 0 aromatic heterocycles. The van der Waals surface area contributed by atoms with E-state index in [9.17, 15) is 49.8 Å². The fraction of sp³-hybridized carbons (Fsp3) is 0.508. The molecule has 2 aliphatic rings. The Morgan fingerprint density at radius 2 is 0.988 bits per heavy atom. The van der Waals surface area contributed by atoms with Crippen molar-refractivity contribution in [3.63, 3.8) is 0 Å². The average molecular weight is 1170 g/mol. The summed E-state index contributed by atoms with van der Waals surface area (Å²) in [4.78, 5) is 62.1. The predicted molar refractivity (Wildman–Crippen MR) is 321 cm³/mol. The number of benzene rings is 2. The first-order chi connectivity index (χ1) is 39.6. The SMILES string of the molecule is COC1C=CC=C(C)C(=O)Nc2cc(O)c(N=CCN(C)CC=Nc3c(O)cc4c(O)c3CC(C)CC(OC)C(O)C(C)C=C(C)C(OC(N)=O)C(OC)C=CC=C(C)C(=O)N4)c(c2O)CC(C)CC(OC)C(O)C(C)C=C(C)C1OC(N)=O. The lowest BCUT2D eigenvalue weighted by Crippen LogP contribution is -2.37. The molecular formula is C61H87N7O16. The van der Waals surface area contributed by atoms with Crippen molar-refractivity contribution in [3.05, 3.63) is 94.2 Å². The Morgan fingerprint density at radius 3 is 1.31 bits per heavy atom. The van der Waals surface area contributed by atoms with Crippen LogP contribution in [0.3, 0.4) is 0 Å². The number of phenols is 4. The number of methoxy groups -OCH3 is 4. The Hall–Kier alpha value is -7.38. The number of phenolic OH excluding ortho intramolecular Hbond substituents is 4. The van der Waals surface area contributed by atoms with E-state index in [1.165, 1.54) is 65.2 Å². The fourth-order valence-electron chi connectivity index (χ4n) is 10.1. The van der Waals surface area contributed by atoms with Gasteiger partial charge in [-0.2, -0.15) is 0 Å². The minimum Gasteiger partial charge on any atom is -0.506 e. The van der Waals surface area contributed by atoms with Gasteiger partial charge in [0.15, 0.2) is 12.2 Å². The number of ether oxygens (including phenoxy) is 6. The van der Waals surface area contributed by atoms with Gasteiger partial charge in [0.1, 0.15) is 46.6 Å². The predicted octanol–water partition coefficient (Wildman–Crippen LogP) is 7.47. The van der Waals surface area contributed by atoms with Gasteiger partial charge in [-0.3, -0.25) is 24.5 Å². The van der Waals surface area contributed by atoms with Crippen molar-refractivity contribution in [1.29, 1.82) is 0 Å².